The molecule has 2 amide bonds. The molecule has 6 heteroatoms. The molecular weight excluding hydrogens is 244 g/mol. The lowest BCUT2D eigenvalue weighted by atomic mass is 9.74. The van der Waals surface area contributed by atoms with E-state index >= 15 is 0 Å². The molecule has 19 heavy (non-hydrogen) atoms. The molecule has 1 aromatic heterocycles. The van der Waals surface area contributed by atoms with Crippen LogP contribution < -0.4 is 10.6 Å². The molecule has 0 radical (unpaired) electrons. The van der Waals surface area contributed by atoms with Crippen LogP contribution in [0.3, 0.4) is 0 Å². The van der Waals surface area contributed by atoms with Gasteiger partial charge in [-0.25, -0.2) is 9.97 Å². The van der Waals surface area contributed by atoms with Gasteiger partial charge in [0, 0.05) is 24.9 Å². The van der Waals surface area contributed by atoms with Crippen LogP contribution in [0.4, 0.5) is 5.95 Å². The second kappa shape index (κ2) is 4.95. The Morgan fingerprint density at radius 3 is 2.58 bits per heavy atom. The zero-order chi connectivity index (χ0) is 14.0. The summed E-state index contributed by atoms with van der Waals surface area (Å²) in [6.07, 6.45) is 3.08. The van der Waals surface area contributed by atoms with Crippen molar-refractivity contribution in [3.8, 4) is 0 Å². The summed E-state index contributed by atoms with van der Waals surface area (Å²) in [6, 6.07) is 1.66. The normalized spacial score (nSPS) is 23.0. The van der Waals surface area contributed by atoms with Gasteiger partial charge < -0.3 is 5.32 Å². The van der Waals surface area contributed by atoms with E-state index in [0.717, 1.165) is 0 Å². The lowest BCUT2D eigenvalue weighted by Crippen LogP contribution is -2.37. The molecule has 102 valence electrons. The SMILES string of the molecule is CC(C)(C)[C@@H]1CNC(=O)[C@H]1C(=O)Nc1ncccn1. The van der Waals surface area contributed by atoms with E-state index in [2.05, 4.69) is 20.6 Å². The second-order valence-corrected chi connectivity index (χ2v) is 5.76. The third kappa shape index (κ3) is 2.89. The predicted molar refractivity (Wildman–Crippen MR) is 70.1 cm³/mol. The van der Waals surface area contributed by atoms with E-state index in [4.69, 9.17) is 0 Å². The molecule has 2 heterocycles. The van der Waals surface area contributed by atoms with Crippen LogP contribution in [-0.4, -0.2) is 28.3 Å². The van der Waals surface area contributed by atoms with Gasteiger partial charge in [-0.2, -0.15) is 0 Å². The molecule has 0 saturated carbocycles. The van der Waals surface area contributed by atoms with Crippen molar-refractivity contribution in [3.05, 3.63) is 18.5 Å². The Labute approximate surface area is 112 Å². The molecule has 0 spiro atoms. The third-order valence-corrected chi connectivity index (χ3v) is 3.38. The van der Waals surface area contributed by atoms with Gasteiger partial charge in [0.25, 0.3) is 0 Å². The molecule has 1 fully saturated rings. The first-order valence-electron chi connectivity index (χ1n) is 6.25. The van der Waals surface area contributed by atoms with E-state index < -0.39 is 5.92 Å². The average Bonchev–Trinajstić information content (AvgIpc) is 2.72. The molecule has 0 bridgehead atoms. The van der Waals surface area contributed by atoms with Gasteiger partial charge in [0.2, 0.25) is 17.8 Å². The summed E-state index contributed by atoms with van der Waals surface area (Å²) in [7, 11) is 0. The predicted octanol–water partition coefficient (Wildman–Crippen LogP) is 0.823. The maximum atomic E-state index is 12.2. The number of nitrogens with zero attached hydrogens (tertiary/aromatic N) is 2. The van der Waals surface area contributed by atoms with Crippen LogP contribution in [-0.2, 0) is 9.59 Å². The summed E-state index contributed by atoms with van der Waals surface area (Å²) >= 11 is 0. The summed E-state index contributed by atoms with van der Waals surface area (Å²) in [4.78, 5) is 31.9. The van der Waals surface area contributed by atoms with Crippen molar-refractivity contribution in [2.24, 2.45) is 17.3 Å². The van der Waals surface area contributed by atoms with Gasteiger partial charge in [0.1, 0.15) is 5.92 Å². The van der Waals surface area contributed by atoms with E-state index in [9.17, 15) is 9.59 Å². The Kier molecular flexibility index (Phi) is 3.50. The molecule has 2 N–H and O–H groups in total. The van der Waals surface area contributed by atoms with Crippen molar-refractivity contribution in [1.82, 2.24) is 15.3 Å². The van der Waals surface area contributed by atoms with Crippen molar-refractivity contribution < 1.29 is 9.59 Å². The first-order chi connectivity index (χ1) is 8.89. The highest BCUT2D eigenvalue weighted by molar-refractivity contribution is 6.07. The number of rotatable bonds is 2. The maximum absolute atomic E-state index is 12.2. The van der Waals surface area contributed by atoms with E-state index in [-0.39, 0.29) is 29.1 Å². The summed E-state index contributed by atoms with van der Waals surface area (Å²) in [5.41, 5.74) is -0.126. The van der Waals surface area contributed by atoms with Crippen LogP contribution in [0, 0.1) is 17.3 Å². The van der Waals surface area contributed by atoms with Crippen LogP contribution in [0.5, 0.6) is 0 Å². The van der Waals surface area contributed by atoms with Gasteiger partial charge in [0.15, 0.2) is 0 Å². The van der Waals surface area contributed by atoms with Crippen molar-refractivity contribution in [2.45, 2.75) is 20.8 Å². The fourth-order valence-electron chi connectivity index (χ4n) is 2.28. The Balaban J connectivity index is 2.15. The van der Waals surface area contributed by atoms with Crippen LogP contribution in [0.2, 0.25) is 0 Å². The van der Waals surface area contributed by atoms with E-state index in [1.54, 1.807) is 18.5 Å². The number of aromatic nitrogens is 2. The molecule has 1 aliphatic heterocycles. The molecule has 1 aliphatic rings. The number of anilines is 1. The molecule has 2 atom stereocenters. The first-order valence-corrected chi connectivity index (χ1v) is 6.25. The van der Waals surface area contributed by atoms with Gasteiger partial charge in [-0.15, -0.1) is 0 Å². The largest absolute Gasteiger partial charge is 0.355 e. The first kappa shape index (κ1) is 13.5. The highest BCUT2D eigenvalue weighted by Crippen LogP contribution is 2.35. The van der Waals surface area contributed by atoms with Crippen LogP contribution in [0.1, 0.15) is 20.8 Å². The Hall–Kier alpha value is -1.98. The summed E-state index contributed by atoms with van der Waals surface area (Å²) in [6.45, 7) is 6.60. The van der Waals surface area contributed by atoms with Crippen molar-refractivity contribution >= 4 is 17.8 Å². The van der Waals surface area contributed by atoms with Gasteiger partial charge in [-0.3, -0.25) is 14.9 Å². The monoisotopic (exact) mass is 262 g/mol. The summed E-state index contributed by atoms with van der Waals surface area (Å²) in [5, 5.41) is 5.35. The van der Waals surface area contributed by atoms with Gasteiger partial charge in [-0.1, -0.05) is 20.8 Å². The van der Waals surface area contributed by atoms with Crippen LogP contribution in [0.25, 0.3) is 0 Å². The number of carbonyl (C=O) groups excluding carboxylic acids is 2. The molecule has 2 rings (SSSR count). The molecule has 0 aromatic carbocycles. The lowest BCUT2D eigenvalue weighted by molar-refractivity contribution is -0.132. The minimum absolute atomic E-state index is 0.0382. The standard InChI is InChI=1S/C13H18N4O2/c1-13(2,3)8-7-16-10(18)9(8)11(19)17-12-14-5-4-6-15-12/h4-6,8-9H,7H2,1-3H3,(H,16,18)(H,14,15,17,19)/t8-,9+/m1/s1. The smallest absolute Gasteiger partial charge is 0.239 e. The van der Waals surface area contributed by atoms with Crippen molar-refractivity contribution in [3.63, 3.8) is 0 Å². The highest BCUT2D eigenvalue weighted by Gasteiger charge is 2.45. The Bertz CT molecular complexity index is 481. The highest BCUT2D eigenvalue weighted by atomic mass is 16.2. The van der Waals surface area contributed by atoms with Crippen LogP contribution >= 0.6 is 0 Å². The molecule has 0 aliphatic carbocycles. The number of carbonyl (C=O) groups is 2. The third-order valence-electron chi connectivity index (χ3n) is 3.38. The van der Waals surface area contributed by atoms with Gasteiger partial charge in [0.05, 0.1) is 0 Å². The second-order valence-electron chi connectivity index (χ2n) is 5.76. The molecule has 1 aromatic rings. The summed E-state index contributed by atoms with van der Waals surface area (Å²) in [5.74, 6) is -1.08. The zero-order valence-electron chi connectivity index (χ0n) is 11.3. The minimum atomic E-state index is -0.691. The Morgan fingerprint density at radius 1 is 1.37 bits per heavy atom. The molecular formula is C13H18N4O2. The number of hydrogen-bond acceptors (Lipinski definition) is 4. The van der Waals surface area contributed by atoms with Gasteiger partial charge >= 0.3 is 0 Å². The number of hydrogen-bond donors (Lipinski definition) is 2. The Morgan fingerprint density at radius 2 is 2.00 bits per heavy atom. The fraction of sp³-hybridized carbons (Fsp3) is 0.538. The molecule has 1 saturated heterocycles. The average molecular weight is 262 g/mol. The molecule has 0 unspecified atom stereocenters. The van der Waals surface area contributed by atoms with Crippen molar-refractivity contribution in [2.75, 3.05) is 11.9 Å². The maximum Gasteiger partial charge on any atom is 0.239 e. The fourth-order valence-corrected chi connectivity index (χ4v) is 2.28. The number of amides is 2. The lowest BCUT2D eigenvalue weighted by Gasteiger charge is -2.29. The van der Waals surface area contributed by atoms with Crippen molar-refractivity contribution in [1.29, 1.82) is 0 Å². The minimum Gasteiger partial charge on any atom is -0.355 e. The topological polar surface area (TPSA) is 84.0 Å². The van der Waals surface area contributed by atoms with Gasteiger partial charge in [-0.05, 0) is 11.5 Å². The van der Waals surface area contributed by atoms with Crippen LogP contribution in [0.15, 0.2) is 18.5 Å². The van der Waals surface area contributed by atoms with E-state index in [0.29, 0.717) is 6.54 Å². The summed E-state index contributed by atoms with van der Waals surface area (Å²) < 4.78 is 0. The molecule has 6 nitrogen and oxygen atoms in total. The quantitative estimate of drug-likeness (QED) is 0.773. The zero-order valence-corrected chi connectivity index (χ0v) is 11.3. The van der Waals surface area contributed by atoms with E-state index in [1.807, 2.05) is 20.8 Å². The van der Waals surface area contributed by atoms with E-state index in [1.165, 1.54) is 0 Å². The number of nitrogens with one attached hydrogen (secondary N) is 2.